The largest absolute Gasteiger partial charge is 0.333 e. The monoisotopic (exact) mass is 230 g/mol. The molecule has 1 heterocycles. The SMILES string of the molecule is Cc1c(S(=O)(=O)Cl)cnn1C(F)F. The Kier molecular flexibility index (Phi) is 2.58. The molecular weight excluding hydrogens is 226 g/mol. The highest BCUT2D eigenvalue weighted by Crippen LogP contribution is 2.22. The van der Waals surface area contributed by atoms with Crippen LogP contribution in [0.4, 0.5) is 8.78 Å². The fraction of sp³-hybridized carbons (Fsp3) is 0.400. The van der Waals surface area contributed by atoms with Gasteiger partial charge in [0.05, 0.1) is 11.9 Å². The van der Waals surface area contributed by atoms with Gasteiger partial charge in [0.2, 0.25) is 0 Å². The summed E-state index contributed by atoms with van der Waals surface area (Å²) in [5.41, 5.74) is -0.176. The first-order valence-corrected chi connectivity index (χ1v) is 5.42. The van der Waals surface area contributed by atoms with Crippen molar-refractivity contribution in [2.24, 2.45) is 0 Å². The minimum atomic E-state index is -3.99. The number of hydrogen-bond donors (Lipinski definition) is 0. The molecular formula is C5H5ClF2N2O2S. The average molecular weight is 231 g/mol. The van der Waals surface area contributed by atoms with Crippen LogP contribution in [-0.2, 0) is 9.05 Å². The predicted molar refractivity (Wildman–Crippen MR) is 41.3 cm³/mol. The average Bonchev–Trinajstić information content (AvgIpc) is 2.28. The summed E-state index contributed by atoms with van der Waals surface area (Å²) in [5.74, 6) is 0. The summed E-state index contributed by atoms with van der Waals surface area (Å²) >= 11 is 0. The first kappa shape index (κ1) is 10.4. The molecule has 0 radical (unpaired) electrons. The second-order valence-corrected chi connectivity index (χ2v) is 4.79. The van der Waals surface area contributed by atoms with E-state index in [1.165, 1.54) is 6.92 Å². The van der Waals surface area contributed by atoms with Gasteiger partial charge in [-0.2, -0.15) is 13.9 Å². The Morgan fingerprint density at radius 1 is 1.62 bits per heavy atom. The number of alkyl halides is 2. The van der Waals surface area contributed by atoms with Crippen LogP contribution in [0.3, 0.4) is 0 Å². The zero-order valence-corrected chi connectivity index (χ0v) is 7.98. The van der Waals surface area contributed by atoms with Gasteiger partial charge in [0, 0.05) is 10.7 Å². The minimum Gasteiger partial charge on any atom is -0.207 e. The molecule has 0 saturated carbocycles. The molecule has 4 nitrogen and oxygen atoms in total. The van der Waals surface area contributed by atoms with E-state index in [4.69, 9.17) is 10.7 Å². The van der Waals surface area contributed by atoms with Crippen LogP contribution in [0.15, 0.2) is 11.1 Å². The smallest absolute Gasteiger partial charge is 0.207 e. The highest BCUT2D eigenvalue weighted by atomic mass is 35.7. The van der Waals surface area contributed by atoms with Crippen LogP contribution in [0.5, 0.6) is 0 Å². The van der Waals surface area contributed by atoms with Gasteiger partial charge in [0.1, 0.15) is 4.90 Å². The molecule has 0 saturated heterocycles. The van der Waals surface area contributed by atoms with E-state index in [1.54, 1.807) is 0 Å². The van der Waals surface area contributed by atoms with Gasteiger partial charge in [0.25, 0.3) is 9.05 Å². The molecule has 0 N–H and O–H groups in total. The van der Waals surface area contributed by atoms with E-state index in [1.807, 2.05) is 0 Å². The van der Waals surface area contributed by atoms with E-state index in [-0.39, 0.29) is 10.4 Å². The summed E-state index contributed by atoms with van der Waals surface area (Å²) in [7, 11) is 0.965. The van der Waals surface area contributed by atoms with Crippen molar-refractivity contribution in [1.29, 1.82) is 0 Å². The molecule has 0 aromatic carbocycles. The normalized spacial score (nSPS) is 12.4. The third kappa shape index (κ3) is 1.97. The highest BCUT2D eigenvalue weighted by molar-refractivity contribution is 8.13. The van der Waals surface area contributed by atoms with Crippen molar-refractivity contribution in [2.75, 3.05) is 0 Å². The number of hydrogen-bond acceptors (Lipinski definition) is 3. The molecule has 0 aliphatic carbocycles. The van der Waals surface area contributed by atoms with E-state index in [0.29, 0.717) is 0 Å². The van der Waals surface area contributed by atoms with Gasteiger partial charge in [-0.3, -0.25) is 0 Å². The summed E-state index contributed by atoms with van der Waals surface area (Å²) in [4.78, 5) is -0.394. The molecule has 8 heteroatoms. The number of rotatable bonds is 2. The second kappa shape index (κ2) is 3.22. The fourth-order valence-electron chi connectivity index (χ4n) is 0.844. The number of halogens is 3. The highest BCUT2D eigenvalue weighted by Gasteiger charge is 2.21. The van der Waals surface area contributed by atoms with E-state index in [0.717, 1.165) is 6.20 Å². The molecule has 0 spiro atoms. The Bertz CT molecular complexity index is 414. The summed E-state index contributed by atoms with van der Waals surface area (Å²) in [6.07, 6.45) is 0.795. The van der Waals surface area contributed by atoms with Gasteiger partial charge in [-0.1, -0.05) is 0 Å². The maximum atomic E-state index is 12.1. The van der Waals surface area contributed by atoms with Gasteiger partial charge in [-0.15, -0.1) is 0 Å². The first-order valence-electron chi connectivity index (χ1n) is 3.11. The molecule has 1 aromatic rings. The summed E-state index contributed by atoms with van der Waals surface area (Å²) in [6, 6.07) is 0. The lowest BCUT2D eigenvalue weighted by atomic mass is 10.5. The Hall–Kier alpha value is -0.690. The van der Waals surface area contributed by atoms with Gasteiger partial charge >= 0.3 is 6.55 Å². The zero-order chi connectivity index (χ0) is 10.2. The molecule has 0 unspecified atom stereocenters. The Balaban J connectivity index is 3.30. The van der Waals surface area contributed by atoms with Crippen molar-refractivity contribution in [3.63, 3.8) is 0 Å². The Morgan fingerprint density at radius 3 is 2.38 bits per heavy atom. The van der Waals surface area contributed by atoms with Crippen LogP contribution in [0.25, 0.3) is 0 Å². The van der Waals surface area contributed by atoms with Gasteiger partial charge < -0.3 is 0 Å². The van der Waals surface area contributed by atoms with Crippen LogP contribution < -0.4 is 0 Å². The first-order chi connectivity index (χ1) is 5.84. The van der Waals surface area contributed by atoms with Crippen LogP contribution in [-0.4, -0.2) is 18.2 Å². The molecule has 0 fully saturated rings. The predicted octanol–water partition coefficient (Wildman–Crippen LogP) is 1.51. The molecule has 13 heavy (non-hydrogen) atoms. The van der Waals surface area contributed by atoms with E-state index < -0.39 is 20.5 Å². The summed E-state index contributed by atoms with van der Waals surface area (Å²) < 4.78 is 46.0. The van der Waals surface area contributed by atoms with Crippen LogP contribution >= 0.6 is 10.7 Å². The van der Waals surface area contributed by atoms with E-state index >= 15 is 0 Å². The van der Waals surface area contributed by atoms with Crippen molar-refractivity contribution in [2.45, 2.75) is 18.4 Å². The molecule has 74 valence electrons. The minimum absolute atomic E-state index is 0.176. The van der Waals surface area contributed by atoms with Crippen molar-refractivity contribution < 1.29 is 17.2 Å². The number of nitrogens with zero attached hydrogens (tertiary/aromatic N) is 2. The van der Waals surface area contributed by atoms with Crippen LogP contribution in [0, 0.1) is 6.92 Å². The molecule has 0 amide bonds. The van der Waals surface area contributed by atoms with Crippen molar-refractivity contribution in [1.82, 2.24) is 9.78 Å². The van der Waals surface area contributed by atoms with E-state index in [9.17, 15) is 17.2 Å². The standard InChI is InChI=1S/C5H5ClF2N2O2S/c1-3-4(13(6,11)12)2-9-10(3)5(7)8/h2,5H,1H3. The van der Waals surface area contributed by atoms with Crippen LogP contribution in [0.2, 0.25) is 0 Å². The van der Waals surface area contributed by atoms with Gasteiger partial charge in [0.15, 0.2) is 0 Å². The maximum absolute atomic E-state index is 12.1. The molecule has 0 aliphatic heterocycles. The third-order valence-electron chi connectivity index (χ3n) is 1.45. The molecule has 1 aromatic heterocycles. The maximum Gasteiger partial charge on any atom is 0.333 e. The molecule has 0 atom stereocenters. The van der Waals surface area contributed by atoms with E-state index in [2.05, 4.69) is 5.10 Å². The Morgan fingerprint density at radius 2 is 2.15 bits per heavy atom. The summed E-state index contributed by atoms with van der Waals surface area (Å²) in [5, 5.41) is 3.18. The molecule has 0 bridgehead atoms. The lowest BCUT2D eigenvalue weighted by Gasteiger charge is -2.01. The van der Waals surface area contributed by atoms with Crippen molar-refractivity contribution in [3.8, 4) is 0 Å². The third-order valence-corrected chi connectivity index (χ3v) is 2.87. The van der Waals surface area contributed by atoms with Crippen LogP contribution in [0.1, 0.15) is 12.2 Å². The molecule has 1 rings (SSSR count). The summed E-state index contributed by atoms with van der Waals surface area (Å²) in [6.45, 7) is -1.67. The topological polar surface area (TPSA) is 52.0 Å². The van der Waals surface area contributed by atoms with Crippen molar-refractivity contribution in [3.05, 3.63) is 11.9 Å². The second-order valence-electron chi connectivity index (χ2n) is 2.25. The van der Waals surface area contributed by atoms with Gasteiger partial charge in [-0.25, -0.2) is 13.1 Å². The fourth-order valence-corrected chi connectivity index (χ4v) is 1.92. The van der Waals surface area contributed by atoms with Crippen molar-refractivity contribution >= 4 is 19.7 Å². The number of aromatic nitrogens is 2. The Labute approximate surface area is 77.5 Å². The lowest BCUT2D eigenvalue weighted by molar-refractivity contribution is 0.0541. The quantitative estimate of drug-likeness (QED) is 0.724. The lowest BCUT2D eigenvalue weighted by Crippen LogP contribution is -2.03. The molecule has 0 aliphatic rings. The zero-order valence-electron chi connectivity index (χ0n) is 6.41. The van der Waals surface area contributed by atoms with Gasteiger partial charge in [-0.05, 0) is 6.92 Å².